The highest BCUT2D eigenvalue weighted by Crippen LogP contribution is 2.28. The number of rotatable bonds is 6. The minimum atomic E-state index is -0.460. The Balaban J connectivity index is 1.76. The zero-order valence-corrected chi connectivity index (χ0v) is 10.8. The Labute approximate surface area is 112 Å². The lowest BCUT2D eigenvalue weighted by atomic mass is 10.0. The molecule has 5 heteroatoms. The van der Waals surface area contributed by atoms with E-state index in [1.807, 2.05) is 0 Å². The average Bonchev–Trinajstić information content (AvgIpc) is 2.89. The molecule has 0 aromatic heterocycles. The normalized spacial score (nSPS) is 17.3. The lowest BCUT2D eigenvalue weighted by Crippen LogP contribution is -2.20. The van der Waals surface area contributed by atoms with Crippen LogP contribution in [0.1, 0.15) is 32.1 Å². The van der Waals surface area contributed by atoms with Crippen molar-refractivity contribution < 1.29 is 14.8 Å². The van der Waals surface area contributed by atoms with Crippen LogP contribution in [0.5, 0.6) is 5.75 Å². The summed E-state index contributed by atoms with van der Waals surface area (Å²) >= 11 is 0. The van der Waals surface area contributed by atoms with Crippen LogP contribution in [0.15, 0.2) is 24.3 Å². The molecular formula is C14H19NO4. The maximum atomic E-state index is 10.5. The van der Waals surface area contributed by atoms with Gasteiger partial charge in [-0.15, -0.1) is 0 Å². The molecule has 5 nitrogen and oxygen atoms in total. The van der Waals surface area contributed by atoms with Gasteiger partial charge in [-0.3, -0.25) is 10.1 Å². The molecule has 2 rings (SSSR count). The number of nitro groups is 1. The molecule has 1 atom stereocenters. The number of aliphatic hydroxyl groups is 1. The van der Waals surface area contributed by atoms with Gasteiger partial charge < -0.3 is 9.84 Å². The van der Waals surface area contributed by atoms with E-state index >= 15 is 0 Å². The molecule has 0 spiro atoms. The number of aliphatic hydroxyl groups excluding tert-OH is 1. The predicted octanol–water partition coefficient (Wildman–Crippen LogP) is 2.91. The molecule has 1 N–H and O–H groups in total. The van der Waals surface area contributed by atoms with E-state index < -0.39 is 11.0 Å². The summed E-state index contributed by atoms with van der Waals surface area (Å²) in [5.41, 5.74) is 0.0406. The second kappa shape index (κ2) is 6.52. The van der Waals surface area contributed by atoms with Gasteiger partial charge in [-0.25, -0.2) is 0 Å². The smallest absolute Gasteiger partial charge is 0.269 e. The summed E-state index contributed by atoms with van der Waals surface area (Å²) in [5, 5.41) is 20.4. The van der Waals surface area contributed by atoms with Gasteiger partial charge in [-0.2, -0.15) is 0 Å². The molecule has 0 saturated heterocycles. The quantitative estimate of drug-likeness (QED) is 0.634. The zero-order chi connectivity index (χ0) is 13.7. The van der Waals surface area contributed by atoms with Crippen LogP contribution in [0, 0.1) is 16.0 Å². The molecule has 1 aliphatic carbocycles. The summed E-state index contributed by atoms with van der Waals surface area (Å²) in [5.74, 6) is 1.17. The maximum absolute atomic E-state index is 10.5. The van der Waals surface area contributed by atoms with Crippen molar-refractivity contribution >= 4 is 5.69 Å². The Morgan fingerprint density at radius 1 is 1.32 bits per heavy atom. The molecule has 104 valence electrons. The molecule has 1 saturated carbocycles. The first-order valence-electron chi connectivity index (χ1n) is 6.70. The third-order valence-electron chi connectivity index (χ3n) is 3.57. The first-order chi connectivity index (χ1) is 9.15. The minimum Gasteiger partial charge on any atom is -0.491 e. The highest BCUT2D eigenvalue weighted by Gasteiger charge is 2.19. The highest BCUT2D eigenvalue weighted by molar-refractivity contribution is 5.35. The van der Waals surface area contributed by atoms with Crippen molar-refractivity contribution in [3.63, 3.8) is 0 Å². The summed E-state index contributed by atoms with van der Waals surface area (Å²) in [6, 6.07) is 5.91. The fraction of sp³-hybridized carbons (Fsp3) is 0.571. The maximum Gasteiger partial charge on any atom is 0.269 e. The van der Waals surface area contributed by atoms with Gasteiger partial charge >= 0.3 is 0 Å². The molecule has 1 aromatic carbocycles. The Morgan fingerprint density at radius 3 is 2.53 bits per heavy atom. The van der Waals surface area contributed by atoms with E-state index in [0.717, 1.165) is 6.42 Å². The summed E-state index contributed by atoms with van der Waals surface area (Å²) < 4.78 is 5.44. The van der Waals surface area contributed by atoms with Crippen molar-refractivity contribution in [2.75, 3.05) is 6.61 Å². The Hall–Kier alpha value is -1.62. The Bertz CT molecular complexity index is 412. The predicted molar refractivity (Wildman–Crippen MR) is 71.2 cm³/mol. The standard InChI is InChI=1S/C14H19NO4/c16-13(9-11-3-1-2-4-11)10-19-14-7-5-12(6-8-14)15(17)18/h5-8,11,13,16H,1-4,9-10H2. The number of hydrogen-bond donors (Lipinski definition) is 1. The molecule has 0 radical (unpaired) electrons. The fourth-order valence-electron chi connectivity index (χ4n) is 2.56. The van der Waals surface area contributed by atoms with E-state index in [1.54, 1.807) is 12.1 Å². The van der Waals surface area contributed by atoms with Crippen LogP contribution in [-0.2, 0) is 0 Å². The fourth-order valence-corrected chi connectivity index (χ4v) is 2.56. The average molecular weight is 265 g/mol. The van der Waals surface area contributed by atoms with Crippen molar-refractivity contribution in [3.05, 3.63) is 34.4 Å². The van der Waals surface area contributed by atoms with Gasteiger partial charge in [0, 0.05) is 12.1 Å². The molecule has 0 aliphatic heterocycles. The van der Waals surface area contributed by atoms with Crippen LogP contribution in [0.25, 0.3) is 0 Å². The SMILES string of the molecule is O=[N+]([O-])c1ccc(OCC(O)CC2CCCC2)cc1. The third kappa shape index (κ3) is 4.21. The van der Waals surface area contributed by atoms with E-state index in [9.17, 15) is 15.2 Å². The highest BCUT2D eigenvalue weighted by atomic mass is 16.6. The first kappa shape index (κ1) is 13.8. The van der Waals surface area contributed by atoms with Crippen molar-refractivity contribution in [1.82, 2.24) is 0 Å². The van der Waals surface area contributed by atoms with E-state index in [4.69, 9.17) is 4.74 Å². The molecule has 19 heavy (non-hydrogen) atoms. The lowest BCUT2D eigenvalue weighted by Gasteiger charge is -2.16. The summed E-state index contributed by atoms with van der Waals surface area (Å²) in [6.45, 7) is 0.244. The van der Waals surface area contributed by atoms with Crippen LogP contribution in [0.4, 0.5) is 5.69 Å². The summed E-state index contributed by atoms with van der Waals surface area (Å²) in [6.07, 6.45) is 5.26. The molecule has 0 heterocycles. The van der Waals surface area contributed by atoms with E-state index in [0.29, 0.717) is 11.7 Å². The Kier molecular flexibility index (Phi) is 4.74. The first-order valence-corrected chi connectivity index (χ1v) is 6.70. The number of ether oxygens (including phenoxy) is 1. The van der Waals surface area contributed by atoms with E-state index in [1.165, 1.54) is 37.8 Å². The van der Waals surface area contributed by atoms with Gasteiger partial charge in [0.1, 0.15) is 12.4 Å². The van der Waals surface area contributed by atoms with E-state index in [2.05, 4.69) is 0 Å². The van der Waals surface area contributed by atoms with Gasteiger partial charge in [-0.05, 0) is 24.5 Å². The van der Waals surface area contributed by atoms with Crippen LogP contribution in [0.2, 0.25) is 0 Å². The summed E-state index contributed by atoms with van der Waals surface area (Å²) in [4.78, 5) is 10.1. The van der Waals surface area contributed by atoms with Crippen molar-refractivity contribution in [1.29, 1.82) is 0 Å². The molecule has 1 aliphatic rings. The van der Waals surface area contributed by atoms with Crippen LogP contribution in [-0.4, -0.2) is 22.7 Å². The van der Waals surface area contributed by atoms with Crippen molar-refractivity contribution in [3.8, 4) is 5.75 Å². The Morgan fingerprint density at radius 2 is 1.95 bits per heavy atom. The van der Waals surface area contributed by atoms with Crippen molar-refractivity contribution in [2.24, 2.45) is 5.92 Å². The topological polar surface area (TPSA) is 72.6 Å². The number of nitrogens with zero attached hydrogens (tertiary/aromatic N) is 1. The largest absolute Gasteiger partial charge is 0.491 e. The zero-order valence-electron chi connectivity index (χ0n) is 10.8. The van der Waals surface area contributed by atoms with Gasteiger partial charge in [0.2, 0.25) is 0 Å². The molecule has 0 amide bonds. The van der Waals surface area contributed by atoms with Gasteiger partial charge in [0.05, 0.1) is 11.0 Å². The summed E-state index contributed by atoms with van der Waals surface area (Å²) in [7, 11) is 0. The van der Waals surface area contributed by atoms with Crippen LogP contribution in [0.3, 0.4) is 0 Å². The van der Waals surface area contributed by atoms with Crippen LogP contribution >= 0.6 is 0 Å². The second-order valence-corrected chi connectivity index (χ2v) is 5.10. The molecular weight excluding hydrogens is 246 g/mol. The van der Waals surface area contributed by atoms with Crippen LogP contribution < -0.4 is 4.74 Å². The van der Waals surface area contributed by atoms with Crippen molar-refractivity contribution in [2.45, 2.75) is 38.2 Å². The number of benzene rings is 1. The third-order valence-corrected chi connectivity index (χ3v) is 3.57. The van der Waals surface area contributed by atoms with E-state index in [-0.39, 0.29) is 12.3 Å². The number of hydrogen-bond acceptors (Lipinski definition) is 4. The molecule has 1 fully saturated rings. The van der Waals surface area contributed by atoms with Gasteiger partial charge in [0.15, 0.2) is 0 Å². The molecule has 1 unspecified atom stereocenters. The number of nitro benzene ring substituents is 1. The van der Waals surface area contributed by atoms with Gasteiger partial charge in [0.25, 0.3) is 5.69 Å². The minimum absolute atomic E-state index is 0.0406. The molecule has 1 aromatic rings. The monoisotopic (exact) mass is 265 g/mol. The number of non-ortho nitro benzene ring substituents is 1. The second-order valence-electron chi connectivity index (χ2n) is 5.10. The van der Waals surface area contributed by atoms with Gasteiger partial charge in [-0.1, -0.05) is 25.7 Å². The molecule has 0 bridgehead atoms. The lowest BCUT2D eigenvalue weighted by molar-refractivity contribution is -0.384.